The van der Waals surface area contributed by atoms with Gasteiger partial charge in [-0.05, 0) is 30.3 Å². The van der Waals surface area contributed by atoms with Gasteiger partial charge in [0.1, 0.15) is 5.71 Å². The van der Waals surface area contributed by atoms with Crippen LogP contribution in [0.4, 0.5) is 0 Å². The molecule has 7 heteroatoms. The molecule has 0 aliphatic rings. The van der Waals surface area contributed by atoms with Gasteiger partial charge in [0, 0.05) is 23.0 Å². The Labute approximate surface area is 154 Å². The summed E-state index contributed by atoms with van der Waals surface area (Å²) in [5.74, 6) is -0.547. The summed E-state index contributed by atoms with van der Waals surface area (Å²) in [6, 6.07) is 13.7. The zero-order valence-corrected chi connectivity index (χ0v) is 14.5. The molecule has 0 aliphatic heterocycles. The third kappa shape index (κ3) is 4.47. The van der Waals surface area contributed by atoms with E-state index in [0.29, 0.717) is 33.4 Å². The van der Waals surface area contributed by atoms with Crippen LogP contribution in [-0.2, 0) is 11.4 Å². The van der Waals surface area contributed by atoms with Gasteiger partial charge in [-0.1, -0.05) is 46.6 Å². The van der Waals surface area contributed by atoms with Crippen LogP contribution >= 0.6 is 23.2 Å². The van der Waals surface area contributed by atoms with Crippen LogP contribution in [0.5, 0.6) is 0 Å². The van der Waals surface area contributed by atoms with Gasteiger partial charge in [-0.2, -0.15) is 0 Å². The molecule has 0 spiro atoms. The van der Waals surface area contributed by atoms with Crippen molar-refractivity contribution in [2.45, 2.75) is 6.54 Å². The summed E-state index contributed by atoms with van der Waals surface area (Å²) in [7, 11) is 0. The van der Waals surface area contributed by atoms with E-state index in [1.54, 1.807) is 65.8 Å². The van der Waals surface area contributed by atoms with Crippen LogP contribution in [0, 0.1) is 0 Å². The van der Waals surface area contributed by atoms with Crippen molar-refractivity contribution in [3.05, 3.63) is 88.4 Å². The molecular weight excluding hydrogens is 361 g/mol. The molecular formula is C18H13Cl2N3O2. The van der Waals surface area contributed by atoms with E-state index in [1.165, 1.54) is 0 Å². The fourth-order valence-corrected chi connectivity index (χ4v) is 2.68. The SMILES string of the molecule is O=C(O/N=C(\Cn1ccnc1)c1ccc(Cl)cc1Cl)c1ccccc1. The topological polar surface area (TPSA) is 56.5 Å². The Bertz CT molecular complexity index is 894. The van der Waals surface area contributed by atoms with Gasteiger partial charge in [0.05, 0.1) is 23.5 Å². The Morgan fingerprint density at radius 1 is 1.16 bits per heavy atom. The lowest BCUT2D eigenvalue weighted by molar-refractivity contribution is 0.0515. The Kier molecular flexibility index (Phi) is 5.48. The smallest absolute Gasteiger partial charge is 0.331 e. The number of hydrogen-bond donors (Lipinski definition) is 0. The van der Waals surface area contributed by atoms with Gasteiger partial charge < -0.3 is 9.40 Å². The van der Waals surface area contributed by atoms with Crippen LogP contribution in [0.3, 0.4) is 0 Å². The van der Waals surface area contributed by atoms with E-state index in [2.05, 4.69) is 10.1 Å². The summed E-state index contributed by atoms with van der Waals surface area (Å²) in [4.78, 5) is 21.2. The van der Waals surface area contributed by atoms with Gasteiger partial charge in [0.15, 0.2) is 0 Å². The van der Waals surface area contributed by atoms with E-state index in [0.717, 1.165) is 0 Å². The summed E-state index contributed by atoms with van der Waals surface area (Å²) in [6.07, 6.45) is 5.06. The number of aromatic nitrogens is 2. The van der Waals surface area contributed by atoms with Crippen molar-refractivity contribution in [3.8, 4) is 0 Å². The van der Waals surface area contributed by atoms with E-state index in [1.807, 2.05) is 6.07 Å². The number of oxime groups is 1. The summed E-state index contributed by atoms with van der Waals surface area (Å²) >= 11 is 12.2. The largest absolute Gasteiger partial charge is 0.365 e. The summed E-state index contributed by atoms with van der Waals surface area (Å²) in [5, 5.41) is 4.96. The standard InChI is InChI=1S/C18H13Cl2N3O2/c19-14-6-7-15(16(20)10-14)17(11-23-9-8-21-12-23)22-25-18(24)13-4-2-1-3-5-13/h1-10,12H,11H2/b22-17+. The molecule has 0 amide bonds. The van der Waals surface area contributed by atoms with Gasteiger partial charge in [-0.15, -0.1) is 0 Å². The quantitative estimate of drug-likeness (QED) is 0.377. The molecule has 3 aromatic rings. The van der Waals surface area contributed by atoms with Crippen molar-refractivity contribution >= 4 is 34.9 Å². The molecule has 0 radical (unpaired) electrons. The molecule has 3 rings (SSSR count). The van der Waals surface area contributed by atoms with E-state index in [4.69, 9.17) is 28.0 Å². The molecule has 0 fully saturated rings. The summed E-state index contributed by atoms with van der Waals surface area (Å²) in [6.45, 7) is 0.337. The van der Waals surface area contributed by atoms with Crippen LogP contribution in [-0.4, -0.2) is 21.2 Å². The average molecular weight is 374 g/mol. The Balaban J connectivity index is 1.89. The Hall–Kier alpha value is -2.63. The predicted octanol–water partition coefficient (Wildman–Crippen LogP) is 4.45. The average Bonchev–Trinajstić information content (AvgIpc) is 3.12. The minimum absolute atomic E-state index is 0.337. The zero-order chi connectivity index (χ0) is 17.6. The van der Waals surface area contributed by atoms with Crippen molar-refractivity contribution in [1.29, 1.82) is 0 Å². The number of imidazole rings is 1. The monoisotopic (exact) mass is 373 g/mol. The van der Waals surface area contributed by atoms with E-state index in [9.17, 15) is 4.79 Å². The summed E-state index contributed by atoms with van der Waals surface area (Å²) in [5.41, 5.74) is 1.51. The highest BCUT2D eigenvalue weighted by Gasteiger charge is 2.13. The molecule has 0 saturated heterocycles. The molecule has 0 atom stereocenters. The molecule has 1 heterocycles. The second-order valence-corrected chi connectivity index (χ2v) is 5.99. The van der Waals surface area contributed by atoms with Crippen LogP contribution < -0.4 is 0 Å². The number of carbonyl (C=O) groups is 1. The maximum Gasteiger partial charge on any atom is 0.365 e. The number of carbonyl (C=O) groups excluding carboxylic acids is 1. The molecule has 0 N–H and O–H groups in total. The number of nitrogens with zero attached hydrogens (tertiary/aromatic N) is 3. The van der Waals surface area contributed by atoms with Crippen molar-refractivity contribution in [2.75, 3.05) is 0 Å². The van der Waals surface area contributed by atoms with Gasteiger partial charge in [-0.25, -0.2) is 9.78 Å². The van der Waals surface area contributed by atoms with E-state index >= 15 is 0 Å². The first-order valence-electron chi connectivity index (χ1n) is 7.38. The highest BCUT2D eigenvalue weighted by Crippen LogP contribution is 2.22. The molecule has 2 aromatic carbocycles. The number of benzene rings is 2. The molecule has 25 heavy (non-hydrogen) atoms. The van der Waals surface area contributed by atoms with Crippen LogP contribution in [0.15, 0.2) is 72.4 Å². The number of hydrogen-bond acceptors (Lipinski definition) is 4. The Morgan fingerprint density at radius 3 is 2.64 bits per heavy atom. The molecule has 0 aliphatic carbocycles. The van der Waals surface area contributed by atoms with Crippen LogP contribution in [0.1, 0.15) is 15.9 Å². The Morgan fingerprint density at radius 2 is 1.96 bits per heavy atom. The van der Waals surface area contributed by atoms with Crippen molar-refractivity contribution in [1.82, 2.24) is 9.55 Å². The summed E-state index contributed by atoms with van der Waals surface area (Å²) < 4.78 is 1.79. The molecule has 126 valence electrons. The molecule has 0 bridgehead atoms. The number of halogens is 2. The maximum absolute atomic E-state index is 12.1. The third-order valence-corrected chi connectivity index (χ3v) is 3.93. The van der Waals surface area contributed by atoms with Crippen molar-refractivity contribution < 1.29 is 9.63 Å². The second-order valence-electron chi connectivity index (χ2n) is 5.14. The third-order valence-electron chi connectivity index (χ3n) is 3.38. The van der Waals surface area contributed by atoms with Gasteiger partial charge >= 0.3 is 5.97 Å². The van der Waals surface area contributed by atoms with Crippen molar-refractivity contribution in [2.24, 2.45) is 5.16 Å². The van der Waals surface area contributed by atoms with Crippen LogP contribution in [0.2, 0.25) is 10.0 Å². The van der Waals surface area contributed by atoms with Gasteiger partial charge in [0.2, 0.25) is 0 Å². The second kappa shape index (κ2) is 7.96. The highest BCUT2D eigenvalue weighted by molar-refractivity contribution is 6.37. The first-order valence-corrected chi connectivity index (χ1v) is 8.13. The highest BCUT2D eigenvalue weighted by atomic mass is 35.5. The van der Waals surface area contributed by atoms with Crippen molar-refractivity contribution in [3.63, 3.8) is 0 Å². The minimum Gasteiger partial charge on any atom is -0.331 e. The number of rotatable bonds is 5. The lowest BCUT2D eigenvalue weighted by atomic mass is 10.1. The molecule has 0 saturated carbocycles. The molecule has 0 unspecified atom stereocenters. The molecule has 1 aromatic heterocycles. The zero-order valence-electron chi connectivity index (χ0n) is 13.0. The predicted molar refractivity (Wildman–Crippen MR) is 97.1 cm³/mol. The van der Waals surface area contributed by atoms with Crippen LogP contribution in [0.25, 0.3) is 0 Å². The first kappa shape index (κ1) is 17.2. The fraction of sp³-hybridized carbons (Fsp3) is 0.0556. The van der Waals surface area contributed by atoms with Gasteiger partial charge in [-0.3, -0.25) is 0 Å². The molecule has 5 nitrogen and oxygen atoms in total. The van der Waals surface area contributed by atoms with E-state index < -0.39 is 5.97 Å². The fourth-order valence-electron chi connectivity index (χ4n) is 2.16. The lowest BCUT2D eigenvalue weighted by Crippen LogP contribution is -2.13. The minimum atomic E-state index is -0.547. The van der Waals surface area contributed by atoms with E-state index in [-0.39, 0.29) is 0 Å². The first-order chi connectivity index (χ1) is 12.1. The lowest BCUT2D eigenvalue weighted by Gasteiger charge is -2.09. The maximum atomic E-state index is 12.1. The normalized spacial score (nSPS) is 11.4. The van der Waals surface area contributed by atoms with Gasteiger partial charge in [0.25, 0.3) is 0 Å².